The monoisotopic (exact) mass is 296 g/mol. The number of rotatable bonds is 8. The first kappa shape index (κ1) is 15.9. The first-order chi connectivity index (χ1) is 10.2. The first-order valence-electron chi connectivity index (χ1n) is 7.50. The van der Waals surface area contributed by atoms with Gasteiger partial charge >= 0.3 is 0 Å². The summed E-state index contributed by atoms with van der Waals surface area (Å²) in [5.74, 6) is 0.185. The average molecular weight is 296 g/mol. The van der Waals surface area contributed by atoms with Crippen LogP contribution in [0, 0.1) is 0 Å². The van der Waals surface area contributed by atoms with Gasteiger partial charge in [-0.3, -0.25) is 4.79 Å². The molecule has 0 aliphatic carbocycles. The zero-order valence-corrected chi connectivity index (χ0v) is 12.1. The van der Waals surface area contributed by atoms with Crippen LogP contribution < -0.4 is 5.32 Å². The van der Waals surface area contributed by atoms with E-state index in [2.05, 4.69) is 5.32 Å². The Morgan fingerprint density at radius 2 is 2.00 bits per heavy atom. The number of hydrogen-bond acceptors (Lipinski definition) is 2. The Kier molecular flexibility index (Phi) is 6.11. The van der Waals surface area contributed by atoms with Gasteiger partial charge in [-0.1, -0.05) is 30.3 Å². The fourth-order valence-electron chi connectivity index (χ4n) is 2.62. The van der Waals surface area contributed by atoms with Crippen molar-refractivity contribution in [3.63, 3.8) is 0 Å². The Balaban J connectivity index is 1.71. The number of nitrogens with one attached hydrogen (secondary N) is 1. The van der Waals surface area contributed by atoms with E-state index in [4.69, 9.17) is 0 Å². The van der Waals surface area contributed by atoms with Crippen molar-refractivity contribution >= 4 is 5.91 Å². The van der Waals surface area contributed by atoms with Crippen molar-refractivity contribution in [1.82, 2.24) is 10.2 Å². The summed E-state index contributed by atoms with van der Waals surface area (Å²) in [6.45, 7) is 1.97. The van der Waals surface area contributed by atoms with Crippen molar-refractivity contribution in [2.75, 3.05) is 19.6 Å². The van der Waals surface area contributed by atoms with E-state index in [0.717, 1.165) is 18.5 Å². The molecule has 1 aromatic carbocycles. The lowest BCUT2D eigenvalue weighted by Gasteiger charge is -2.20. The highest BCUT2D eigenvalue weighted by atomic mass is 19.3. The molecule has 1 N–H and O–H groups in total. The Bertz CT molecular complexity index is 439. The lowest BCUT2D eigenvalue weighted by atomic mass is 10.1. The summed E-state index contributed by atoms with van der Waals surface area (Å²) in [7, 11) is 0. The quantitative estimate of drug-likeness (QED) is 0.747. The molecule has 1 heterocycles. The standard InChI is InChI=1S/C16H22F2N2O/c17-16(18)14(12-13-6-2-1-3-7-13)19-9-5-11-20-10-4-8-15(20)21/h1-3,6-7,14,16,19H,4-5,8-12H2/t14-/m1/s1. The minimum Gasteiger partial charge on any atom is -0.343 e. The fourth-order valence-corrected chi connectivity index (χ4v) is 2.62. The molecule has 1 fully saturated rings. The lowest BCUT2D eigenvalue weighted by Crippen LogP contribution is -2.39. The van der Waals surface area contributed by atoms with Crippen LogP contribution in [-0.2, 0) is 11.2 Å². The van der Waals surface area contributed by atoms with E-state index in [0.29, 0.717) is 32.4 Å². The summed E-state index contributed by atoms with van der Waals surface area (Å²) in [4.78, 5) is 13.3. The van der Waals surface area contributed by atoms with E-state index < -0.39 is 12.5 Å². The summed E-state index contributed by atoms with van der Waals surface area (Å²) >= 11 is 0. The molecule has 0 radical (unpaired) electrons. The predicted molar refractivity (Wildman–Crippen MR) is 78.4 cm³/mol. The largest absolute Gasteiger partial charge is 0.343 e. The molecule has 0 spiro atoms. The second kappa shape index (κ2) is 8.08. The van der Waals surface area contributed by atoms with Crippen LogP contribution in [0.5, 0.6) is 0 Å². The van der Waals surface area contributed by atoms with Gasteiger partial charge in [0.25, 0.3) is 6.43 Å². The summed E-state index contributed by atoms with van der Waals surface area (Å²) in [6.07, 6.45) is 0.185. The van der Waals surface area contributed by atoms with E-state index in [1.165, 1.54) is 0 Å². The van der Waals surface area contributed by atoms with Gasteiger partial charge in [0.1, 0.15) is 0 Å². The van der Waals surface area contributed by atoms with E-state index >= 15 is 0 Å². The molecule has 1 saturated heterocycles. The summed E-state index contributed by atoms with van der Waals surface area (Å²) in [5.41, 5.74) is 0.907. The molecular weight excluding hydrogens is 274 g/mol. The van der Waals surface area contributed by atoms with Crippen LogP contribution in [0.1, 0.15) is 24.8 Å². The molecular formula is C16H22F2N2O. The zero-order valence-electron chi connectivity index (χ0n) is 12.1. The first-order valence-corrected chi connectivity index (χ1v) is 7.50. The van der Waals surface area contributed by atoms with E-state index in [1.54, 1.807) is 0 Å². The van der Waals surface area contributed by atoms with Crippen LogP contribution in [0.4, 0.5) is 8.78 Å². The third kappa shape index (κ3) is 5.08. The maximum absolute atomic E-state index is 13.0. The van der Waals surface area contributed by atoms with Crippen molar-refractivity contribution in [1.29, 1.82) is 0 Å². The van der Waals surface area contributed by atoms with Gasteiger partial charge in [-0.25, -0.2) is 8.78 Å². The molecule has 1 aliphatic heterocycles. The summed E-state index contributed by atoms with van der Waals surface area (Å²) < 4.78 is 26.1. The maximum atomic E-state index is 13.0. The maximum Gasteiger partial charge on any atom is 0.254 e. The third-order valence-electron chi connectivity index (χ3n) is 3.79. The molecule has 1 aliphatic rings. The molecule has 0 aromatic heterocycles. The van der Waals surface area contributed by atoms with E-state index in [-0.39, 0.29) is 5.91 Å². The van der Waals surface area contributed by atoms with E-state index in [9.17, 15) is 13.6 Å². The number of carbonyl (C=O) groups is 1. The number of likely N-dealkylation sites (tertiary alicyclic amines) is 1. The second-order valence-electron chi connectivity index (χ2n) is 5.42. The van der Waals surface area contributed by atoms with Gasteiger partial charge < -0.3 is 10.2 Å². The second-order valence-corrected chi connectivity index (χ2v) is 5.42. The van der Waals surface area contributed by atoms with Gasteiger partial charge in [0.2, 0.25) is 5.91 Å². The SMILES string of the molecule is O=C1CCCN1CCCN[C@H](Cc1ccccc1)C(F)F. The molecule has 3 nitrogen and oxygen atoms in total. The molecule has 116 valence electrons. The van der Waals surface area contributed by atoms with Gasteiger partial charge in [0, 0.05) is 19.5 Å². The Morgan fingerprint density at radius 1 is 1.24 bits per heavy atom. The molecule has 1 aromatic rings. The number of amides is 1. The van der Waals surface area contributed by atoms with Crippen LogP contribution >= 0.6 is 0 Å². The van der Waals surface area contributed by atoms with Crippen LogP contribution in [-0.4, -0.2) is 42.9 Å². The smallest absolute Gasteiger partial charge is 0.254 e. The van der Waals surface area contributed by atoms with Gasteiger partial charge in [0.15, 0.2) is 0 Å². The molecule has 0 bridgehead atoms. The molecule has 2 rings (SSSR count). The minimum atomic E-state index is -2.39. The molecule has 5 heteroatoms. The van der Waals surface area contributed by atoms with Gasteiger partial charge in [-0.2, -0.15) is 0 Å². The Labute approximate surface area is 124 Å². The molecule has 1 amide bonds. The number of hydrogen-bond donors (Lipinski definition) is 1. The number of alkyl halides is 2. The number of nitrogens with zero attached hydrogens (tertiary/aromatic N) is 1. The zero-order chi connectivity index (χ0) is 15.1. The van der Waals surface area contributed by atoms with Crippen molar-refractivity contribution in [2.24, 2.45) is 0 Å². The molecule has 21 heavy (non-hydrogen) atoms. The minimum absolute atomic E-state index is 0.185. The normalized spacial score (nSPS) is 16.7. The Morgan fingerprint density at radius 3 is 2.62 bits per heavy atom. The highest BCUT2D eigenvalue weighted by molar-refractivity contribution is 5.77. The van der Waals surface area contributed by atoms with Crippen LogP contribution in [0.3, 0.4) is 0 Å². The number of benzene rings is 1. The summed E-state index contributed by atoms with van der Waals surface area (Å²) in [6, 6.07) is 8.48. The number of carbonyl (C=O) groups excluding carboxylic acids is 1. The summed E-state index contributed by atoms with van der Waals surface area (Å²) in [5, 5.41) is 2.92. The molecule has 0 saturated carbocycles. The highest BCUT2D eigenvalue weighted by Crippen LogP contribution is 2.11. The molecule has 0 unspecified atom stereocenters. The van der Waals surface area contributed by atoms with Gasteiger partial charge in [-0.15, -0.1) is 0 Å². The predicted octanol–water partition coefficient (Wildman–Crippen LogP) is 2.46. The van der Waals surface area contributed by atoms with Crippen molar-refractivity contribution < 1.29 is 13.6 Å². The highest BCUT2D eigenvalue weighted by Gasteiger charge is 2.21. The van der Waals surface area contributed by atoms with Crippen LogP contribution in [0.15, 0.2) is 30.3 Å². The average Bonchev–Trinajstić information content (AvgIpc) is 2.88. The van der Waals surface area contributed by atoms with Gasteiger partial charge in [0.05, 0.1) is 6.04 Å². The van der Waals surface area contributed by atoms with Crippen molar-refractivity contribution in [2.45, 2.75) is 38.2 Å². The third-order valence-corrected chi connectivity index (χ3v) is 3.79. The van der Waals surface area contributed by atoms with Gasteiger partial charge in [-0.05, 0) is 31.4 Å². The number of halogens is 2. The van der Waals surface area contributed by atoms with Crippen LogP contribution in [0.25, 0.3) is 0 Å². The fraction of sp³-hybridized carbons (Fsp3) is 0.562. The topological polar surface area (TPSA) is 32.3 Å². The van der Waals surface area contributed by atoms with Crippen molar-refractivity contribution in [3.05, 3.63) is 35.9 Å². The van der Waals surface area contributed by atoms with Crippen LogP contribution in [0.2, 0.25) is 0 Å². The molecule has 1 atom stereocenters. The lowest BCUT2D eigenvalue weighted by molar-refractivity contribution is -0.127. The van der Waals surface area contributed by atoms with E-state index in [1.807, 2.05) is 35.2 Å². The Hall–Kier alpha value is -1.49. The van der Waals surface area contributed by atoms with Crippen molar-refractivity contribution in [3.8, 4) is 0 Å².